The zero-order chi connectivity index (χ0) is 12.1. The number of rotatable bonds is 4. The molecule has 3 nitrogen and oxygen atoms in total. The van der Waals surface area contributed by atoms with Gasteiger partial charge < -0.3 is 5.11 Å². The zero-order valence-corrected chi connectivity index (χ0v) is 10.0. The van der Waals surface area contributed by atoms with Gasteiger partial charge in [0.15, 0.2) is 0 Å². The largest absolute Gasteiger partial charge is 0.481 e. The Kier molecular flexibility index (Phi) is 4.13. The van der Waals surface area contributed by atoms with Crippen molar-refractivity contribution >= 4 is 5.97 Å². The van der Waals surface area contributed by atoms with Crippen molar-refractivity contribution in [1.29, 1.82) is 0 Å². The number of aromatic nitrogens is 1. The third-order valence-electron chi connectivity index (χ3n) is 3.71. The Labute approximate surface area is 102 Å². The molecule has 1 unspecified atom stereocenters. The molecule has 1 saturated carbocycles. The van der Waals surface area contributed by atoms with Crippen LogP contribution in [0.5, 0.6) is 0 Å². The molecule has 92 valence electrons. The van der Waals surface area contributed by atoms with Crippen molar-refractivity contribution in [3.63, 3.8) is 0 Å². The minimum atomic E-state index is -0.652. The van der Waals surface area contributed by atoms with Crippen molar-refractivity contribution in [2.24, 2.45) is 11.8 Å². The molecular weight excluding hydrogens is 214 g/mol. The molecule has 1 atom stereocenters. The van der Waals surface area contributed by atoms with Crippen molar-refractivity contribution in [3.05, 3.63) is 30.1 Å². The van der Waals surface area contributed by atoms with E-state index in [9.17, 15) is 9.90 Å². The first kappa shape index (κ1) is 12.1. The van der Waals surface area contributed by atoms with Crippen molar-refractivity contribution < 1.29 is 9.90 Å². The van der Waals surface area contributed by atoms with Crippen LogP contribution < -0.4 is 0 Å². The van der Waals surface area contributed by atoms with Gasteiger partial charge in [0.2, 0.25) is 0 Å². The molecular formula is C14H19NO2. The van der Waals surface area contributed by atoms with E-state index < -0.39 is 5.97 Å². The average molecular weight is 233 g/mol. The molecule has 0 aromatic carbocycles. The molecule has 0 amide bonds. The highest BCUT2D eigenvalue weighted by atomic mass is 16.4. The third kappa shape index (κ3) is 3.29. The van der Waals surface area contributed by atoms with Gasteiger partial charge in [-0.15, -0.1) is 0 Å². The maximum Gasteiger partial charge on any atom is 0.307 e. The molecule has 1 aliphatic carbocycles. The third-order valence-corrected chi connectivity index (χ3v) is 3.71. The maximum atomic E-state index is 11.4. The highest BCUT2D eigenvalue weighted by Crippen LogP contribution is 2.32. The van der Waals surface area contributed by atoms with Gasteiger partial charge in [0.05, 0.1) is 5.92 Å². The molecule has 0 radical (unpaired) electrons. The Hall–Kier alpha value is -1.38. The maximum absolute atomic E-state index is 11.4. The molecule has 2 rings (SSSR count). The van der Waals surface area contributed by atoms with Crippen molar-refractivity contribution in [3.8, 4) is 0 Å². The van der Waals surface area contributed by atoms with E-state index in [1.165, 1.54) is 19.3 Å². The first-order valence-corrected chi connectivity index (χ1v) is 6.39. The first-order chi connectivity index (χ1) is 8.27. The minimum absolute atomic E-state index is 0.237. The fourth-order valence-corrected chi connectivity index (χ4v) is 2.76. The second-order valence-electron chi connectivity index (χ2n) is 4.91. The normalized spacial score (nSPS) is 18.8. The van der Waals surface area contributed by atoms with Gasteiger partial charge in [0, 0.05) is 12.4 Å². The van der Waals surface area contributed by atoms with Crippen LogP contribution in [0.2, 0.25) is 0 Å². The van der Waals surface area contributed by atoms with E-state index in [2.05, 4.69) is 4.98 Å². The monoisotopic (exact) mass is 233 g/mol. The molecule has 1 aliphatic rings. The van der Waals surface area contributed by atoms with E-state index in [-0.39, 0.29) is 5.92 Å². The summed E-state index contributed by atoms with van der Waals surface area (Å²) in [7, 11) is 0. The zero-order valence-electron chi connectivity index (χ0n) is 10.0. The van der Waals surface area contributed by atoms with E-state index in [4.69, 9.17) is 0 Å². The van der Waals surface area contributed by atoms with E-state index in [1.807, 2.05) is 12.1 Å². The standard InChI is InChI=1S/C14H19NO2/c16-14(17)13(12-6-2-1-3-7-12)9-11-5-4-8-15-10-11/h4-5,8,10,12-13H,1-3,6-7,9H2,(H,16,17). The number of carboxylic acid groups (broad SMARTS) is 1. The molecule has 0 bridgehead atoms. The van der Waals surface area contributed by atoms with Gasteiger partial charge in [-0.2, -0.15) is 0 Å². The summed E-state index contributed by atoms with van der Waals surface area (Å²) in [5.41, 5.74) is 1.03. The van der Waals surface area contributed by atoms with E-state index in [0.29, 0.717) is 12.3 Å². The summed E-state index contributed by atoms with van der Waals surface area (Å²) in [5, 5.41) is 9.37. The van der Waals surface area contributed by atoms with E-state index in [1.54, 1.807) is 12.4 Å². The van der Waals surface area contributed by atoms with E-state index >= 15 is 0 Å². The predicted octanol–water partition coefficient (Wildman–Crippen LogP) is 2.91. The smallest absolute Gasteiger partial charge is 0.307 e. The van der Waals surface area contributed by atoms with Gasteiger partial charge in [-0.25, -0.2) is 0 Å². The number of hydrogen-bond donors (Lipinski definition) is 1. The number of pyridine rings is 1. The van der Waals surface area contributed by atoms with Crippen LogP contribution in [0, 0.1) is 11.8 Å². The molecule has 1 heterocycles. The second-order valence-corrected chi connectivity index (χ2v) is 4.91. The molecule has 1 fully saturated rings. The fourth-order valence-electron chi connectivity index (χ4n) is 2.76. The van der Waals surface area contributed by atoms with Gasteiger partial charge in [0.25, 0.3) is 0 Å². The Balaban J connectivity index is 2.04. The molecule has 1 N–H and O–H groups in total. The van der Waals surface area contributed by atoms with Crippen LogP contribution in [-0.4, -0.2) is 16.1 Å². The molecule has 0 spiro atoms. The van der Waals surface area contributed by atoms with Crippen LogP contribution in [0.25, 0.3) is 0 Å². The quantitative estimate of drug-likeness (QED) is 0.870. The molecule has 1 aromatic rings. The summed E-state index contributed by atoms with van der Waals surface area (Å²) in [6.45, 7) is 0. The lowest BCUT2D eigenvalue weighted by molar-refractivity contribution is -0.144. The highest BCUT2D eigenvalue weighted by Gasteiger charge is 2.29. The Bertz CT molecular complexity index is 358. The number of aliphatic carboxylic acids is 1. The second kappa shape index (κ2) is 5.80. The fraction of sp³-hybridized carbons (Fsp3) is 0.571. The van der Waals surface area contributed by atoms with Gasteiger partial charge in [-0.1, -0.05) is 25.3 Å². The van der Waals surface area contributed by atoms with Crippen LogP contribution in [0.4, 0.5) is 0 Å². The molecule has 0 saturated heterocycles. The predicted molar refractivity (Wildman–Crippen MR) is 65.6 cm³/mol. The van der Waals surface area contributed by atoms with Crippen LogP contribution in [0.3, 0.4) is 0 Å². The summed E-state index contributed by atoms with van der Waals surface area (Å²) in [6.07, 6.45) is 9.87. The van der Waals surface area contributed by atoms with Crippen molar-refractivity contribution in [2.75, 3.05) is 0 Å². The summed E-state index contributed by atoms with van der Waals surface area (Å²) >= 11 is 0. The minimum Gasteiger partial charge on any atom is -0.481 e. The topological polar surface area (TPSA) is 50.2 Å². The highest BCUT2D eigenvalue weighted by molar-refractivity contribution is 5.70. The van der Waals surface area contributed by atoms with Crippen molar-refractivity contribution in [2.45, 2.75) is 38.5 Å². The summed E-state index contributed by atoms with van der Waals surface area (Å²) in [5.74, 6) is -0.540. The van der Waals surface area contributed by atoms with Crippen LogP contribution in [0.15, 0.2) is 24.5 Å². The molecule has 0 aliphatic heterocycles. The van der Waals surface area contributed by atoms with Crippen LogP contribution >= 0.6 is 0 Å². The lowest BCUT2D eigenvalue weighted by atomic mass is 9.77. The molecule has 17 heavy (non-hydrogen) atoms. The first-order valence-electron chi connectivity index (χ1n) is 6.39. The Morgan fingerprint density at radius 1 is 1.41 bits per heavy atom. The van der Waals surface area contributed by atoms with Gasteiger partial charge in [0.1, 0.15) is 0 Å². The molecule has 1 aromatic heterocycles. The van der Waals surface area contributed by atoms with Crippen LogP contribution in [-0.2, 0) is 11.2 Å². The summed E-state index contributed by atoms with van der Waals surface area (Å²) in [6, 6.07) is 3.83. The van der Waals surface area contributed by atoms with Gasteiger partial charge in [-0.3, -0.25) is 9.78 Å². The number of carbonyl (C=O) groups is 1. The van der Waals surface area contributed by atoms with E-state index in [0.717, 1.165) is 18.4 Å². The van der Waals surface area contributed by atoms with Crippen molar-refractivity contribution in [1.82, 2.24) is 4.98 Å². The molecule has 3 heteroatoms. The average Bonchev–Trinajstić information content (AvgIpc) is 2.38. The van der Waals surface area contributed by atoms with Crippen LogP contribution in [0.1, 0.15) is 37.7 Å². The lowest BCUT2D eigenvalue weighted by Gasteiger charge is -2.27. The number of nitrogens with zero attached hydrogens (tertiary/aromatic N) is 1. The number of hydrogen-bond acceptors (Lipinski definition) is 2. The summed E-state index contributed by atoms with van der Waals surface area (Å²) < 4.78 is 0. The Morgan fingerprint density at radius 2 is 2.18 bits per heavy atom. The number of carboxylic acids is 1. The SMILES string of the molecule is O=C(O)C(Cc1cccnc1)C1CCCCC1. The van der Waals surface area contributed by atoms with Gasteiger partial charge in [-0.05, 0) is 36.8 Å². The lowest BCUT2D eigenvalue weighted by Crippen LogP contribution is -2.27. The Morgan fingerprint density at radius 3 is 2.76 bits per heavy atom. The summed E-state index contributed by atoms with van der Waals surface area (Å²) in [4.78, 5) is 15.4. The van der Waals surface area contributed by atoms with Gasteiger partial charge >= 0.3 is 5.97 Å².